The first kappa shape index (κ1) is 32.8. The lowest BCUT2D eigenvalue weighted by atomic mass is 9.72. The number of piperidine rings is 1. The summed E-state index contributed by atoms with van der Waals surface area (Å²) in [5.41, 5.74) is 5.27. The van der Waals surface area contributed by atoms with E-state index in [0.717, 1.165) is 49.1 Å². The van der Waals surface area contributed by atoms with Crippen LogP contribution >= 0.6 is 0 Å². The molecule has 2 heterocycles. The zero-order valence-corrected chi connectivity index (χ0v) is 22.4. The summed E-state index contributed by atoms with van der Waals surface area (Å²) in [5.74, 6) is -5.51. The Balaban J connectivity index is 0.000000289. The van der Waals surface area contributed by atoms with Gasteiger partial charge in [0, 0.05) is 12.0 Å². The second-order valence-electron chi connectivity index (χ2n) is 10.0. The van der Waals surface area contributed by atoms with E-state index in [2.05, 4.69) is 64.5 Å². The van der Waals surface area contributed by atoms with Gasteiger partial charge in [0.1, 0.15) is 11.0 Å². The maximum atomic E-state index is 11.4. The smallest absolute Gasteiger partial charge is 0.475 e. The molecule has 2 aliphatic rings. The number of benzene rings is 2. The molecule has 1 aliphatic heterocycles. The molecule has 1 spiro atoms. The second kappa shape index (κ2) is 12.6. The number of aromatic nitrogens is 2. The van der Waals surface area contributed by atoms with Gasteiger partial charge >= 0.3 is 24.3 Å². The highest BCUT2D eigenvalue weighted by atomic mass is 19.4. The lowest BCUT2D eigenvalue weighted by Crippen LogP contribution is -2.49. The van der Waals surface area contributed by atoms with Gasteiger partial charge in [0.2, 0.25) is 0 Å². The van der Waals surface area contributed by atoms with Gasteiger partial charge in [0.25, 0.3) is 0 Å². The third-order valence-corrected chi connectivity index (χ3v) is 7.23. The minimum Gasteiger partial charge on any atom is -0.475 e. The van der Waals surface area contributed by atoms with Crippen molar-refractivity contribution in [2.24, 2.45) is 0 Å². The number of hydrogen-bond donors (Lipinski definition) is 3. The van der Waals surface area contributed by atoms with Gasteiger partial charge in [0.15, 0.2) is 0 Å². The summed E-state index contributed by atoms with van der Waals surface area (Å²) in [5, 5.41) is 33.6. The molecule has 1 aliphatic carbocycles. The number of fused-ring (bicyclic) bond motifs is 3. The highest BCUT2D eigenvalue weighted by Crippen LogP contribution is 2.52. The van der Waals surface area contributed by atoms with Crippen molar-refractivity contribution in [2.75, 3.05) is 27.2 Å². The number of likely N-dealkylation sites (tertiary alicyclic amines) is 1. The first-order valence-electron chi connectivity index (χ1n) is 12.5. The van der Waals surface area contributed by atoms with Crippen LogP contribution < -0.4 is 0 Å². The molecule has 0 saturated carbocycles. The normalized spacial score (nSPS) is 20.0. The van der Waals surface area contributed by atoms with Crippen molar-refractivity contribution in [3.05, 3.63) is 59.2 Å². The van der Waals surface area contributed by atoms with Crippen LogP contribution in [0.4, 0.5) is 26.3 Å². The Labute approximate surface area is 235 Å². The lowest BCUT2D eigenvalue weighted by Gasteiger charge is -2.43. The van der Waals surface area contributed by atoms with Crippen molar-refractivity contribution in [3.63, 3.8) is 0 Å². The van der Waals surface area contributed by atoms with Crippen molar-refractivity contribution in [1.29, 1.82) is 0 Å². The summed E-state index contributed by atoms with van der Waals surface area (Å²) in [6.07, 6.45) is -8.62. The summed E-state index contributed by atoms with van der Waals surface area (Å²) in [6, 6.07) is 14.7. The Morgan fingerprint density at radius 3 is 2.02 bits per heavy atom. The monoisotopic (exact) mass is 606 g/mol. The topological polar surface area (TPSA) is 140 Å². The van der Waals surface area contributed by atoms with E-state index in [9.17, 15) is 31.4 Å². The largest absolute Gasteiger partial charge is 0.490 e. The number of hydrogen-bond acceptors (Lipinski definition) is 8. The Morgan fingerprint density at radius 2 is 1.50 bits per heavy atom. The number of aliphatic carboxylic acids is 2. The number of aliphatic hydroxyl groups is 1. The molecule has 2 atom stereocenters. The Hall–Kier alpha value is -3.76. The van der Waals surface area contributed by atoms with Crippen LogP contribution in [0.15, 0.2) is 47.1 Å². The van der Waals surface area contributed by atoms with Crippen LogP contribution in [0.2, 0.25) is 0 Å². The van der Waals surface area contributed by atoms with Gasteiger partial charge in [-0.2, -0.15) is 26.3 Å². The Bertz CT molecular complexity index is 1360. The molecular weight excluding hydrogens is 578 g/mol. The fourth-order valence-corrected chi connectivity index (χ4v) is 5.31. The first-order valence-corrected chi connectivity index (χ1v) is 12.5. The number of aliphatic hydroxyl groups excluding tert-OH is 1. The van der Waals surface area contributed by atoms with E-state index < -0.39 is 24.3 Å². The summed E-state index contributed by atoms with van der Waals surface area (Å²) in [4.78, 5) is 22.4. The predicted molar refractivity (Wildman–Crippen MR) is 134 cm³/mol. The number of rotatable bonds is 3. The average Bonchev–Trinajstić information content (AvgIpc) is 3.47. The fourth-order valence-electron chi connectivity index (χ4n) is 5.31. The van der Waals surface area contributed by atoms with E-state index in [4.69, 9.17) is 24.4 Å². The third kappa shape index (κ3) is 7.17. The molecule has 3 N–H and O–H groups in total. The number of carboxylic acid groups (broad SMARTS) is 2. The van der Waals surface area contributed by atoms with Crippen LogP contribution in [0.5, 0.6) is 0 Å². The van der Waals surface area contributed by atoms with Crippen LogP contribution in [-0.2, 0) is 21.5 Å². The molecule has 230 valence electrons. The highest BCUT2D eigenvalue weighted by Gasteiger charge is 2.53. The fraction of sp³-hybridized carbons (Fsp3) is 0.462. The number of alkyl halides is 6. The number of nitrogens with zero attached hydrogens (tertiary/aromatic N) is 4. The summed E-state index contributed by atoms with van der Waals surface area (Å²) in [7, 11) is 4.12. The van der Waals surface area contributed by atoms with Crippen LogP contribution in [0.25, 0.3) is 11.0 Å². The van der Waals surface area contributed by atoms with Gasteiger partial charge in [0.05, 0.1) is 12.1 Å². The minimum atomic E-state index is -5.08. The van der Waals surface area contributed by atoms with Crippen molar-refractivity contribution in [2.45, 2.75) is 49.3 Å². The van der Waals surface area contributed by atoms with Gasteiger partial charge in [-0.15, -0.1) is 0 Å². The Kier molecular flexibility index (Phi) is 9.85. The third-order valence-electron chi connectivity index (χ3n) is 7.23. The molecule has 10 nitrogen and oxygen atoms in total. The van der Waals surface area contributed by atoms with Gasteiger partial charge < -0.3 is 20.2 Å². The van der Waals surface area contributed by atoms with Gasteiger partial charge in [-0.25, -0.2) is 14.2 Å². The number of carboxylic acids is 2. The van der Waals surface area contributed by atoms with E-state index in [1.807, 2.05) is 12.1 Å². The molecule has 42 heavy (non-hydrogen) atoms. The first-order chi connectivity index (χ1) is 19.5. The SMILES string of the molecule is CN(C)[C@@H]1c2ccccc2C2(CCN(Cc3cccc4nonc34)CC2)[C@H]1O.O=C(O)C(F)(F)F.O=C(O)C(F)(F)F. The zero-order chi connectivity index (χ0) is 31.5. The van der Waals surface area contributed by atoms with E-state index >= 15 is 0 Å². The van der Waals surface area contributed by atoms with Crippen LogP contribution in [-0.4, -0.2) is 93.0 Å². The van der Waals surface area contributed by atoms with Crippen LogP contribution in [0, 0.1) is 0 Å². The van der Waals surface area contributed by atoms with E-state index in [-0.39, 0.29) is 17.6 Å². The quantitative estimate of drug-likeness (QED) is 0.375. The molecule has 0 amide bonds. The predicted octanol–water partition coefficient (Wildman–Crippen LogP) is 4.00. The molecule has 2 aromatic carbocycles. The molecule has 1 fully saturated rings. The molecule has 1 saturated heterocycles. The van der Waals surface area contributed by atoms with Crippen molar-refractivity contribution in [1.82, 2.24) is 20.1 Å². The molecule has 0 unspecified atom stereocenters. The summed E-state index contributed by atoms with van der Waals surface area (Å²) < 4.78 is 68.4. The summed E-state index contributed by atoms with van der Waals surface area (Å²) >= 11 is 0. The standard InChI is InChI=1S/C22H26N4O2.2C2HF3O2/c1-25(2)20-16-7-3-4-8-17(16)22(21(20)27)10-12-26(13-11-22)14-15-6-5-9-18-19(15)24-28-23-18;2*3-2(4,5)1(6)7/h3-9,20-21,27H,10-14H2,1-2H3;2*(H,6,7)/t20-,21+;;/m1../s1. The highest BCUT2D eigenvalue weighted by molar-refractivity contribution is 5.76. The van der Waals surface area contributed by atoms with E-state index in [1.54, 1.807) is 0 Å². The lowest BCUT2D eigenvalue weighted by molar-refractivity contribution is -0.193. The molecule has 3 aromatic rings. The average molecular weight is 607 g/mol. The Morgan fingerprint density at radius 1 is 0.952 bits per heavy atom. The minimum absolute atomic E-state index is 0.0673. The zero-order valence-electron chi connectivity index (χ0n) is 22.4. The molecular formula is C26H28F6N4O6. The molecule has 0 radical (unpaired) electrons. The number of carbonyl (C=O) groups is 2. The molecule has 16 heteroatoms. The maximum Gasteiger partial charge on any atom is 0.490 e. The number of likely N-dealkylation sites (N-methyl/N-ethyl adjacent to an activating group) is 1. The van der Waals surface area contributed by atoms with E-state index in [1.165, 1.54) is 11.1 Å². The van der Waals surface area contributed by atoms with Crippen LogP contribution in [0.3, 0.4) is 0 Å². The molecule has 5 rings (SSSR count). The number of halogens is 6. The van der Waals surface area contributed by atoms with Crippen molar-refractivity contribution >= 4 is 23.0 Å². The summed E-state index contributed by atoms with van der Waals surface area (Å²) in [6.45, 7) is 2.73. The maximum absolute atomic E-state index is 11.4. The van der Waals surface area contributed by atoms with E-state index in [0.29, 0.717) is 0 Å². The van der Waals surface area contributed by atoms with Crippen LogP contribution in [0.1, 0.15) is 35.6 Å². The van der Waals surface area contributed by atoms with Gasteiger partial charge in [-0.05, 0) is 73.1 Å². The second-order valence-corrected chi connectivity index (χ2v) is 10.0. The van der Waals surface area contributed by atoms with Gasteiger partial charge in [-0.1, -0.05) is 36.4 Å². The van der Waals surface area contributed by atoms with Crippen molar-refractivity contribution in [3.8, 4) is 0 Å². The molecule has 1 aromatic heterocycles. The molecule has 0 bridgehead atoms. The van der Waals surface area contributed by atoms with Crippen molar-refractivity contribution < 1.29 is 55.9 Å². The van der Waals surface area contributed by atoms with Gasteiger partial charge in [-0.3, -0.25) is 4.90 Å².